The van der Waals surface area contributed by atoms with Crippen LogP contribution in [-0.2, 0) is 11.3 Å². The number of carbonyl (C=O) groups excluding carboxylic acids is 1. The third-order valence-corrected chi connectivity index (χ3v) is 5.47. The molecule has 0 fully saturated rings. The Balaban J connectivity index is 1.74. The lowest BCUT2D eigenvalue weighted by Crippen LogP contribution is -2.16. The largest absolute Gasteiger partial charge is 0.497 e. The molecule has 1 N–H and O–H groups in total. The summed E-state index contributed by atoms with van der Waals surface area (Å²) in [5.41, 5.74) is 0.928. The van der Waals surface area contributed by atoms with Gasteiger partial charge in [-0.15, -0.1) is 10.2 Å². The number of halogens is 2. The van der Waals surface area contributed by atoms with Crippen molar-refractivity contribution in [2.75, 3.05) is 18.2 Å². The summed E-state index contributed by atoms with van der Waals surface area (Å²) >= 11 is 13.2. The lowest BCUT2D eigenvalue weighted by atomic mass is 10.2. The highest BCUT2D eigenvalue weighted by atomic mass is 35.5. The van der Waals surface area contributed by atoms with Crippen LogP contribution in [0.5, 0.6) is 5.75 Å². The van der Waals surface area contributed by atoms with E-state index in [9.17, 15) is 4.79 Å². The zero-order chi connectivity index (χ0) is 21.7. The Morgan fingerprint density at radius 1 is 1.23 bits per heavy atom. The summed E-state index contributed by atoms with van der Waals surface area (Å²) < 4.78 is 7.25. The van der Waals surface area contributed by atoms with Gasteiger partial charge >= 0.3 is 0 Å². The minimum Gasteiger partial charge on any atom is -0.497 e. The van der Waals surface area contributed by atoms with Crippen LogP contribution in [0.15, 0.2) is 41.7 Å². The molecule has 0 saturated carbocycles. The van der Waals surface area contributed by atoms with Crippen molar-refractivity contribution in [2.45, 2.75) is 25.5 Å². The van der Waals surface area contributed by atoms with Crippen LogP contribution < -0.4 is 10.1 Å². The SMILES string of the molecule is COc1ccc(-c2nnc(SCC(=O)Nc3ncc(Cl)cc3Cl)n2CC(C)C)cc1. The molecule has 3 rings (SSSR count). The minimum atomic E-state index is -0.248. The van der Waals surface area contributed by atoms with E-state index in [-0.39, 0.29) is 22.5 Å². The quantitative estimate of drug-likeness (QED) is 0.469. The Kier molecular flexibility index (Phi) is 7.58. The van der Waals surface area contributed by atoms with Gasteiger partial charge in [-0.2, -0.15) is 0 Å². The van der Waals surface area contributed by atoms with E-state index >= 15 is 0 Å². The Bertz CT molecular complexity index is 1020. The van der Waals surface area contributed by atoms with E-state index in [0.717, 1.165) is 23.7 Å². The minimum absolute atomic E-state index is 0.138. The maximum atomic E-state index is 12.4. The molecule has 158 valence electrons. The maximum absolute atomic E-state index is 12.4. The molecule has 0 atom stereocenters. The molecule has 1 aromatic carbocycles. The van der Waals surface area contributed by atoms with Gasteiger partial charge in [0.15, 0.2) is 16.8 Å². The number of hydrogen-bond acceptors (Lipinski definition) is 6. The second kappa shape index (κ2) is 10.1. The number of carbonyl (C=O) groups is 1. The molecule has 0 unspecified atom stereocenters. The number of thioether (sulfide) groups is 1. The first-order chi connectivity index (χ1) is 14.4. The summed E-state index contributed by atoms with van der Waals surface area (Å²) in [7, 11) is 1.63. The molecule has 10 heteroatoms. The van der Waals surface area contributed by atoms with Crippen molar-refractivity contribution >= 4 is 46.7 Å². The van der Waals surface area contributed by atoms with Gasteiger partial charge in [0, 0.05) is 18.3 Å². The molecule has 0 aliphatic heterocycles. The van der Waals surface area contributed by atoms with E-state index in [1.165, 1.54) is 24.0 Å². The summed E-state index contributed by atoms with van der Waals surface area (Å²) in [6, 6.07) is 9.17. The molecule has 7 nitrogen and oxygen atoms in total. The fraction of sp³-hybridized carbons (Fsp3) is 0.300. The number of anilines is 1. The van der Waals surface area contributed by atoms with E-state index in [2.05, 4.69) is 34.3 Å². The molecule has 0 aliphatic carbocycles. The molecule has 3 aromatic rings. The maximum Gasteiger partial charge on any atom is 0.236 e. The van der Waals surface area contributed by atoms with Crippen LogP contribution in [0.2, 0.25) is 10.0 Å². The Hall–Kier alpha value is -2.29. The molecule has 0 bridgehead atoms. The highest BCUT2D eigenvalue weighted by Gasteiger charge is 2.17. The summed E-state index contributed by atoms with van der Waals surface area (Å²) in [5, 5.41) is 12.7. The Labute approximate surface area is 189 Å². The van der Waals surface area contributed by atoms with Crippen LogP contribution in [0, 0.1) is 5.92 Å². The second-order valence-corrected chi connectivity index (χ2v) is 8.65. The Morgan fingerprint density at radius 3 is 2.60 bits per heavy atom. The van der Waals surface area contributed by atoms with Crippen molar-refractivity contribution in [1.29, 1.82) is 0 Å². The number of benzene rings is 1. The van der Waals surface area contributed by atoms with Crippen molar-refractivity contribution in [3.8, 4) is 17.1 Å². The molecule has 0 spiro atoms. The fourth-order valence-electron chi connectivity index (χ4n) is 2.68. The first kappa shape index (κ1) is 22.4. The lowest BCUT2D eigenvalue weighted by Gasteiger charge is -2.13. The van der Waals surface area contributed by atoms with Gasteiger partial charge in [0.25, 0.3) is 0 Å². The third-order valence-electron chi connectivity index (χ3n) is 4.01. The lowest BCUT2D eigenvalue weighted by molar-refractivity contribution is -0.113. The zero-order valence-corrected chi connectivity index (χ0v) is 19.1. The van der Waals surface area contributed by atoms with Crippen LogP contribution in [-0.4, -0.2) is 38.5 Å². The Morgan fingerprint density at radius 2 is 1.97 bits per heavy atom. The van der Waals surface area contributed by atoms with E-state index in [0.29, 0.717) is 16.1 Å². The highest BCUT2D eigenvalue weighted by Crippen LogP contribution is 2.27. The highest BCUT2D eigenvalue weighted by molar-refractivity contribution is 7.99. The van der Waals surface area contributed by atoms with Gasteiger partial charge in [0.1, 0.15) is 5.75 Å². The van der Waals surface area contributed by atoms with Gasteiger partial charge in [-0.25, -0.2) is 4.98 Å². The fourth-order valence-corrected chi connectivity index (χ4v) is 3.86. The molecule has 2 aromatic heterocycles. The predicted octanol–water partition coefficient (Wildman–Crippen LogP) is 5.04. The molecule has 1 amide bonds. The van der Waals surface area contributed by atoms with Crippen molar-refractivity contribution < 1.29 is 9.53 Å². The molecule has 30 heavy (non-hydrogen) atoms. The number of rotatable bonds is 8. The normalized spacial score (nSPS) is 11.0. The van der Waals surface area contributed by atoms with Crippen LogP contribution >= 0.6 is 35.0 Å². The number of nitrogens with zero attached hydrogens (tertiary/aromatic N) is 4. The van der Waals surface area contributed by atoms with Gasteiger partial charge in [-0.05, 0) is 36.2 Å². The monoisotopic (exact) mass is 465 g/mol. The number of hydrogen-bond donors (Lipinski definition) is 1. The molecular formula is C20H21Cl2N5O2S. The molecular weight excluding hydrogens is 445 g/mol. The number of ether oxygens (including phenoxy) is 1. The number of pyridine rings is 1. The first-order valence-electron chi connectivity index (χ1n) is 9.18. The topological polar surface area (TPSA) is 81.9 Å². The van der Waals surface area contributed by atoms with Crippen molar-refractivity contribution in [1.82, 2.24) is 19.7 Å². The molecule has 2 heterocycles. The van der Waals surface area contributed by atoms with Crippen LogP contribution in [0.4, 0.5) is 5.82 Å². The van der Waals surface area contributed by atoms with Crippen LogP contribution in [0.1, 0.15) is 13.8 Å². The number of aromatic nitrogens is 4. The summed E-state index contributed by atoms with van der Waals surface area (Å²) in [6.45, 7) is 4.96. The summed E-state index contributed by atoms with van der Waals surface area (Å²) in [4.78, 5) is 16.4. The molecule has 0 aliphatic rings. The average Bonchev–Trinajstić information content (AvgIpc) is 3.10. The van der Waals surface area contributed by atoms with E-state index in [1.54, 1.807) is 7.11 Å². The number of amides is 1. The second-order valence-electron chi connectivity index (χ2n) is 6.86. The number of methoxy groups -OCH3 is 1. The molecule has 0 radical (unpaired) electrons. The standard InChI is InChI=1S/C20H21Cl2N5O2S/c1-12(2)10-27-19(13-4-6-15(29-3)7-5-13)25-26-20(27)30-11-17(28)24-18-16(22)8-14(21)9-23-18/h4-9,12H,10-11H2,1-3H3,(H,23,24,28). The smallest absolute Gasteiger partial charge is 0.236 e. The zero-order valence-electron chi connectivity index (χ0n) is 16.7. The van der Waals surface area contributed by atoms with Gasteiger partial charge in [-0.1, -0.05) is 48.8 Å². The van der Waals surface area contributed by atoms with E-state index in [1.807, 2.05) is 28.8 Å². The summed E-state index contributed by atoms with van der Waals surface area (Å²) in [6.07, 6.45) is 1.43. The summed E-state index contributed by atoms with van der Waals surface area (Å²) in [5.74, 6) is 2.06. The molecule has 0 saturated heterocycles. The third kappa shape index (κ3) is 5.65. The first-order valence-corrected chi connectivity index (χ1v) is 10.9. The predicted molar refractivity (Wildman–Crippen MR) is 120 cm³/mol. The van der Waals surface area contributed by atoms with Crippen molar-refractivity contribution in [3.05, 3.63) is 46.6 Å². The van der Waals surface area contributed by atoms with Crippen molar-refractivity contribution in [3.63, 3.8) is 0 Å². The van der Waals surface area contributed by atoms with Gasteiger partial charge in [0.05, 0.1) is 22.9 Å². The van der Waals surface area contributed by atoms with Gasteiger partial charge in [-0.3, -0.25) is 4.79 Å². The van der Waals surface area contributed by atoms with Gasteiger partial charge in [0.2, 0.25) is 5.91 Å². The van der Waals surface area contributed by atoms with Crippen LogP contribution in [0.3, 0.4) is 0 Å². The van der Waals surface area contributed by atoms with Gasteiger partial charge < -0.3 is 14.6 Å². The average molecular weight is 466 g/mol. The number of nitrogens with one attached hydrogen (secondary N) is 1. The van der Waals surface area contributed by atoms with E-state index < -0.39 is 0 Å². The van der Waals surface area contributed by atoms with Crippen molar-refractivity contribution in [2.24, 2.45) is 5.92 Å². The van der Waals surface area contributed by atoms with E-state index in [4.69, 9.17) is 27.9 Å². The van der Waals surface area contributed by atoms with Crippen LogP contribution in [0.25, 0.3) is 11.4 Å².